The molecule has 2 aliphatic rings. The van der Waals surface area contributed by atoms with E-state index in [0.29, 0.717) is 0 Å². The van der Waals surface area contributed by atoms with Crippen molar-refractivity contribution in [3.05, 3.63) is 108 Å². The fourth-order valence-corrected chi connectivity index (χ4v) is 6.86. The molecule has 10 atom stereocenters. The molecular formula is C42H48Cl3NO14. The highest BCUT2D eigenvalue weighted by Crippen LogP contribution is 2.36. The quantitative estimate of drug-likeness (QED) is 0.101. The lowest BCUT2D eigenvalue weighted by atomic mass is 9.94. The first kappa shape index (κ1) is 47.2. The molecule has 0 unspecified atom stereocenters. The number of nitrogens with one attached hydrogen (secondary N) is 1. The van der Waals surface area contributed by atoms with Crippen LogP contribution in [0, 0.1) is 0 Å². The van der Waals surface area contributed by atoms with E-state index in [1.807, 2.05) is 91.0 Å². The van der Waals surface area contributed by atoms with Crippen LogP contribution in [-0.4, -0.2) is 109 Å². The molecule has 326 valence electrons. The molecule has 0 aromatic heterocycles. The third-order valence-corrected chi connectivity index (χ3v) is 9.85. The molecule has 0 aliphatic carbocycles. The van der Waals surface area contributed by atoms with Gasteiger partial charge in [0.1, 0.15) is 43.2 Å². The van der Waals surface area contributed by atoms with E-state index in [-0.39, 0.29) is 26.4 Å². The summed E-state index contributed by atoms with van der Waals surface area (Å²) in [5, 5.41) is 2.54. The summed E-state index contributed by atoms with van der Waals surface area (Å²) in [7, 11) is 1.46. The van der Waals surface area contributed by atoms with Gasteiger partial charge in [-0.15, -0.1) is 0 Å². The summed E-state index contributed by atoms with van der Waals surface area (Å²) >= 11 is 18.1. The van der Waals surface area contributed by atoms with Gasteiger partial charge in [0.2, 0.25) is 0 Å². The minimum absolute atomic E-state index is 0.0726. The first-order chi connectivity index (χ1) is 28.7. The van der Waals surface area contributed by atoms with E-state index in [1.165, 1.54) is 14.0 Å². The van der Waals surface area contributed by atoms with Gasteiger partial charge < -0.3 is 52.7 Å². The summed E-state index contributed by atoms with van der Waals surface area (Å²) in [5.74, 6) is -3.50. The number of benzene rings is 3. The molecule has 1 N–H and O–H groups in total. The van der Waals surface area contributed by atoms with Crippen LogP contribution in [0.3, 0.4) is 0 Å². The van der Waals surface area contributed by atoms with Crippen molar-refractivity contribution in [1.29, 1.82) is 0 Å². The summed E-state index contributed by atoms with van der Waals surface area (Å²) in [6.45, 7) is 3.18. The van der Waals surface area contributed by atoms with Crippen LogP contribution in [0.2, 0.25) is 0 Å². The van der Waals surface area contributed by atoms with Gasteiger partial charge in [-0.25, -0.2) is 0 Å². The van der Waals surface area contributed by atoms with E-state index in [4.69, 9.17) is 82.2 Å². The highest BCUT2D eigenvalue weighted by atomic mass is 35.6. The van der Waals surface area contributed by atoms with Gasteiger partial charge >= 0.3 is 17.9 Å². The Hall–Kier alpha value is -3.87. The van der Waals surface area contributed by atoms with E-state index in [9.17, 15) is 19.2 Å². The fraction of sp³-hybridized carbons (Fsp3) is 0.476. The second-order valence-corrected chi connectivity index (χ2v) is 16.2. The lowest BCUT2D eigenvalue weighted by Crippen LogP contribution is -2.70. The molecule has 1 amide bonds. The van der Waals surface area contributed by atoms with Crippen LogP contribution in [0.25, 0.3) is 0 Å². The summed E-state index contributed by atoms with van der Waals surface area (Å²) in [6.07, 6.45) is -11.2. The molecule has 15 nitrogen and oxygen atoms in total. The standard InChI is InChI=1S/C42H48Cl3NO14/c1-25(47)53-24-32-34(56-26(2)48)36(57-27(3)49)33(46-41(50)42(43,44)45)39(58-32)60-35-31(23-52-20-28-14-8-5-9-15-28)59-40(51-4)38(55-22-30-18-12-7-13-19-30)37(35)54-21-29-16-10-6-11-17-29/h5-19,31-40H,20-24H2,1-4H3,(H,46,50)/t31-,32-,33+,34+,35-,36+,37+,38-,39-,40+/m1/s1. The van der Waals surface area contributed by atoms with Gasteiger partial charge in [-0.2, -0.15) is 0 Å². The second kappa shape index (κ2) is 22.8. The second-order valence-electron chi connectivity index (χ2n) is 13.9. The van der Waals surface area contributed by atoms with Crippen molar-refractivity contribution in [2.75, 3.05) is 20.3 Å². The zero-order chi connectivity index (χ0) is 43.2. The zero-order valence-corrected chi connectivity index (χ0v) is 35.6. The lowest BCUT2D eigenvalue weighted by Gasteiger charge is -2.49. The maximum absolute atomic E-state index is 13.4. The zero-order valence-electron chi connectivity index (χ0n) is 33.3. The number of hydrogen-bond acceptors (Lipinski definition) is 14. The molecule has 0 radical (unpaired) electrons. The van der Waals surface area contributed by atoms with Crippen molar-refractivity contribution < 1.29 is 66.5 Å². The van der Waals surface area contributed by atoms with Gasteiger partial charge in [0.25, 0.3) is 9.70 Å². The van der Waals surface area contributed by atoms with E-state index in [1.54, 1.807) is 0 Å². The smallest absolute Gasteiger partial charge is 0.303 e. The molecule has 0 saturated carbocycles. The van der Waals surface area contributed by atoms with E-state index in [2.05, 4.69) is 5.32 Å². The van der Waals surface area contributed by atoms with Gasteiger partial charge in [0, 0.05) is 27.9 Å². The molecule has 2 aliphatic heterocycles. The van der Waals surface area contributed by atoms with Gasteiger partial charge in [0.15, 0.2) is 24.8 Å². The normalized spacial score (nSPS) is 26.7. The molecule has 3 aromatic carbocycles. The number of esters is 3. The van der Waals surface area contributed by atoms with E-state index < -0.39 is 95.6 Å². The molecule has 3 aromatic rings. The Kier molecular flexibility index (Phi) is 17.9. The van der Waals surface area contributed by atoms with Crippen LogP contribution in [-0.2, 0) is 86.4 Å². The SMILES string of the molecule is CO[C@H]1O[C@H](COCc2ccccc2)[C@@H](O[C@H]2O[C@H](COC(C)=O)[C@H](OC(C)=O)[C@@H](OC(C)=O)[C@@H]2NC(=O)C(Cl)(Cl)Cl)[C@H](OCc2ccccc2)[C@H]1OCc1ccccc1. The summed E-state index contributed by atoms with van der Waals surface area (Å²) < 4.78 is 59.2. The third kappa shape index (κ3) is 13.8. The number of hydrogen-bond donors (Lipinski definition) is 1. The fourth-order valence-electron chi connectivity index (χ4n) is 6.69. The van der Waals surface area contributed by atoms with Crippen LogP contribution in [0.1, 0.15) is 37.5 Å². The molecule has 0 bridgehead atoms. The minimum Gasteiger partial charge on any atom is -0.463 e. The van der Waals surface area contributed by atoms with E-state index >= 15 is 0 Å². The van der Waals surface area contributed by atoms with Gasteiger partial charge in [-0.1, -0.05) is 126 Å². The number of amides is 1. The average molecular weight is 897 g/mol. The largest absolute Gasteiger partial charge is 0.463 e. The molecular weight excluding hydrogens is 849 g/mol. The van der Waals surface area contributed by atoms with Crippen molar-refractivity contribution in [3.8, 4) is 0 Å². The number of alkyl halides is 3. The highest BCUT2D eigenvalue weighted by molar-refractivity contribution is 6.76. The molecule has 2 saturated heterocycles. The molecule has 60 heavy (non-hydrogen) atoms. The van der Waals surface area contributed by atoms with Gasteiger partial charge in [-0.3, -0.25) is 19.2 Å². The van der Waals surface area contributed by atoms with Crippen LogP contribution in [0.5, 0.6) is 0 Å². The number of ether oxygens (including phenoxy) is 10. The van der Waals surface area contributed by atoms with Crippen molar-refractivity contribution in [1.82, 2.24) is 5.32 Å². The number of methoxy groups -OCH3 is 1. The van der Waals surface area contributed by atoms with Crippen LogP contribution < -0.4 is 5.32 Å². The monoisotopic (exact) mass is 895 g/mol. The van der Waals surface area contributed by atoms with Crippen LogP contribution in [0.4, 0.5) is 0 Å². The Balaban J connectivity index is 1.60. The predicted octanol–water partition coefficient (Wildman–Crippen LogP) is 5.14. The number of carbonyl (C=O) groups is 4. The van der Waals surface area contributed by atoms with Gasteiger partial charge in [-0.05, 0) is 16.7 Å². The number of carbonyl (C=O) groups excluding carboxylic acids is 4. The highest BCUT2D eigenvalue weighted by Gasteiger charge is 2.56. The summed E-state index contributed by atoms with van der Waals surface area (Å²) in [6, 6.07) is 26.7. The Morgan fingerprint density at radius 1 is 0.600 bits per heavy atom. The topological polar surface area (TPSA) is 173 Å². The van der Waals surface area contributed by atoms with E-state index in [0.717, 1.165) is 30.5 Å². The van der Waals surface area contributed by atoms with Crippen LogP contribution >= 0.6 is 34.8 Å². The molecule has 2 fully saturated rings. The Morgan fingerprint density at radius 2 is 1.08 bits per heavy atom. The lowest BCUT2D eigenvalue weighted by molar-refractivity contribution is -0.356. The first-order valence-corrected chi connectivity index (χ1v) is 20.1. The van der Waals surface area contributed by atoms with Crippen LogP contribution in [0.15, 0.2) is 91.0 Å². The average Bonchev–Trinajstić information content (AvgIpc) is 3.21. The summed E-state index contributed by atoms with van der Waals surface area (Å²) in [4.78, 5) is 50.6. The first-order valence-electron chi connectivity index (χ1n) is 19.0. The van der Waals surface area contributed by atoms with Crippen molar-refractivity contribution in [2.24, 2.45) is 0 Å². The van der Waals surface area contributed by atoms with Crippen molar-refractivity contribution in [3.63, 3.8) is 0 Å². The third-order valence-electron chi connectivity index (χ3n) is 9.34. The predicted molar refractivity (Wildman–Crippen MR) is 215 cm³/mol. The minimum atomic E-state index is -2.53. The Bertz CT molecular complexity index is 1820. The van der Waals surface area contributed by atoms with Crippen molar-refractivity contribution in [2.45, 2.75) is 106 Å². The Morgan fingerprint density at radius 3 is 1.58 bits per heavy atom. The van der Waals surface area contributed by atoms with Crippen molar-refractivity contribution >= 4 is 58.6 Å². The number of rotatable bonds is 18. The maximum Gasteiger partial charge on any atom is 0.303 e. The maximum atomic E-state index is 13.4. The molecule has 0 spiro atoms. The van der Waals surface area contributed by atoms with Gasteiger partial charge in [0.05, 0.1) is 26.4 Å². The molecule has 5 rings (SSSR count). The molecule has 18 heteroatoms. The molecule has 2 heterocycles. The Labute approximate surface area is 363 Å². The summed E-state index contributed by atoms with van der Waals surface area (Å²) in [5.41, 5.74) is 2.55. The number of halogens is 3.